The summed E-state index contributed by atoms with van der Waals surface area (Å²) in [5.41, 5.74) is 0.443. The number of carbonyl (C=O) groups excluding carboxylic acids is 2. The summed E-state index contributed by atoms with van der Waals surface area (Å²) >= 11 is 4.03. The highest BCUT2D eigenvalue weighted by Gasteiger charge is 2.54. The number of aliphatic carboxylic acids is 1. The van der Waals surface area contributed by atoms with E-state index in [1.807, 2.05) is 17.5 Å². The van der Waals surface area contributed by atoms with Gasteiger partial charge in [-0.3, -0.25) is 19.0 Å². The fourth-order valence-electron chi connectivity index (χ4n) is 3.73. The number of tetrazole rings is 1. The molecule has 2 aromatic heterocycles. The molecule has 0 bridgehead atoms. The van der Waals surface area contributed by atoms with Crippen molar-refractivity contribution < 1.29 is 32.5 Å². The third-order valence-corrected chi connectivity index (χ3v) is 9.44. The van der Waals surface area contributed by atoms with E-state index in [0.717, 1.165) is 4.88 Å². The lowest BCUT2D eigenvalue weighted by Crippen LogP contribution is -2.70. The Morgan fingerprint density at radius 1 is 1.31 bits per heavy atom. The highest BCUT2D eigenvalue weighted by molar-refractivity contribution is 8.01. The maximum atomic E-state index is 12.8. The zero-order valence-electron chi connectivity index (χ0n) is 18.6. The maximum Gasteiger partial charge on any atom is 0.352 e. The minimum Gasteiger partial charge on any atom is -0.477 e. The van der Waals surface area contributed by atoms with Crippen molar-refractivity contribution in [1.82, 2.24) is 30.4 Å². The number of nitrogens with one attached hydrogen (secondary N) is 1. The molecule has 3 N–H and O–H groups in total. The molecule has 0 spiro atoms. The summed E-state index contributed by atoms with van der Waals surface area (Å²) in [5.74, 6) is -1.75. The number of carboxylic acids is 1. The first-order valence-electron chi connectivity index (χ1n) is 10.7. The van der Waals surface area contributed by atoms with Crippen LogP contribution in [0.4, 0.5) is 0 Å². The first kappa shape index (κ1) is 26.6. The molecule has 4 heterocycles. The summed E-state index contributed by atoms with van der Waals surface area (Å²) in [5, 5.41) is 25.8. The first-order valence-corrected chi connectivity index (χ1v) is 15.2. The van der Waals surface area contributed by atoms with E-state index in [9.17, 15) is 27.9 Å². The number of aryl methyl sites for hydroxylation is 1. The van der Waals surface area contributed by atoms with Gasteiger partial charge in [0.25, 0.3) is 16.0 Å². The molecule has 2 aromatic rings. The van der Waals surface area contributed by atoms with E-state index in [2.05, 4.69) is 20.8 Å². The Balaban J connectivity index is 1.36. The molecule has 2 aliphatic heterocycles. The minimum atomic E-state index is -4.03. The Labute approximate surface area is 218 Å². The lowest BCUT2D eigenvalue weighted by Gasteiger charge is -2.49. The highest BCUT2D eigenvalue weighted by Crippen LogP contribution is 2.41. The van der Waals surface area contributed by atoms with Crippen LogP contribution in [0.15, 0.2) is 33.9 Å². The second kappa shape index (κ2) is 11.3. The number of carboxylic acid groups (broad SMARTS) is 1. The van der Waals surface area contributed by atoms with E-state index in [0.29, 0.717) is 29.4 Å². The van der Waals surface area contributed by atoms with Crippen molar-refractivity contribution in [2.75, 3.05) is 17.3 Å². The van der Waals surface area contributed by atoms with Crippen molar-refractivity contribution in [1.29, 1.82) is 0 Å². The van der Waals surface area contributed by atoms with Gasteiger partial charge in [0.05, 0.1) is 12.2 Å². The van der Waals surface area contributed by atoms with Crippen LogP contribution >= 0.6 is 34.9 Å². The smallest absolute Gasteiger partial charge is 0.352 e. The van der Waals surface area contributed by atoms with E-state index >= 15 is 0 Å². The molecule has 4 rings (SSSR count). The number of rotatable bonds is 12. The standard InChI is InChI=1S/C19H22N6O7S4/c26-13(8-12-4-3-6-33-12)20-14-16(27)25-15(18(28)29)11(9-34-17(14)25)10-35-19-21-22-23-24(19)5-1-2-7-36(30,31)32/h3-4,6,14,17H,1-2,5,7-10H2,(H,20,26)(H,28,29)(H,30,31,32). The number of hydrogen-bond donors (Lipinski definition) is 3. The van der Waals surface area contributed by atoms with E-state index < -0.39 is 33.4 Å². The predicted molar refractivity (Wildman–Crippen MR) is 132 cm³/mol. The van der Waals surface area contributed by atoms with Gasteiger partial charge in [-0.25, -0.2) is 9.48 Å². The minimum absolute atomic E-state index is 0.0906. The van der Waals surface area contributed by atoms with Crippen LogP contribution < -0.4 is 5.32 Å². The zero-order valence-corrected chi connectivity index (χ0v) is 21.9. The topological polar surface area (TPSA) is 185 Å². The van der Waals surface area contributed by atoms with Crippen molar-refractivity contribution >= 4 is 62.8 Å². The lowest BCUT2D eigenvalue weighted by atomic mass is 10.0. The van der Waals surface area contributed by atoms with Gasteiger partial charge in [0.1, 0.15) is 17.1 Å². The molecule has 0 saturated carbocycles. The van der Waals surface area contributed by atoms with Gasteiger partial charge in [0, 0.05) is 22.9 Å². The molecule has 194 valence electrons. The van der Waals surface area contributed by atoms with Crippen LogP contribution in [0.5, 0.6) is 0 Å². The Kier molecular flexibility index (Phi) is 8.34. The molecule has 17 heteroatoms. The number of nitrogens with zero attached hydrogens (tertiary/aromatic N) is 5. The van der Waals surface area contributed by atoms with Crippen molar-refractivity contribution in [3.05, 3.63) is 33.7 Å². The third-order valence-electron chi connectivity index (χ3n) is 5.38. The fourth-order valence-corrected chi connectivity index (χ4v) is 7.39. The molecular formula is C19H22N6O7S4. The number of carbonyl (C=O) groups is 3. The molecular weight excluding hydrogens is 553 g/mol. The number of thioether (sulfide) groups is 2. The van der Waals surface area contributed by atoms with Crippen LogP contribution in [0.25, 0.3) is 0 Å². The van der Waals surface area contributed by atoms with Crippen LogP contribution in [-0.4, -0.2) is 89.6 Å². The summed E-state index contributed by atoms with van der Waals surface area (Å²) in [4.78, 5) is 39.3. The van der Waals surface area contributed by atoms with E-state index in [1.54, 1.807) is 0 Å². The van der Waals surface area contributed by atoms with Crippen molar-refractivity contribution in [3.8, 4) is 0 Å². The number of fused-ring (bicyclic) bond motifs is 1. The van der Waals surface area contributed by atoms with Crippen LogP contribution in [0.3, 0.4) is 0 Å². The SMILES string of the molecule is O=C(Cc1cccs1)NC1C(=O)N2C(C(=O)O)=C(CSc3nnnn3CCCCS(=O)(=O)O)CSC12. The summed E-state index contributed by atoms with van der Waals surface area (Å²) in [7, 11) is -4.03. The lowest BCUT2D eigenvalue weighted by molar-refractivity contribution is -0.150. The molecule has 2 atom stereocenters. The molecule has 1 fully saturated rings. The van der Waals surface area contributed by atoms with Crippen LogP contribution in [0, 0.1) is 0 Å². The van der Waals surface area contributed by atoms with E-state index in [4.69, 9.17) is 4.55 Å². The fraction of sp³-hybridized carbons (Fsp3) is 0.474. The summed E-state index contributed by atoms with van der Waals surface area (Å²) < 4.78 is 32.0. The molecule has 13 nitrogen and oxygen atoms in total. The monoisotopic (exact) mass is 574 g/mol. The van der Waals surface area contributed by atoms with Gasteiger partial charge in [0.2, 0.25) is 11.1 Å². The van der Waals surface area contributed by atoms with E-state index in [1.165, 1.54) is 44.4 Å². The van der Waals surface area contributed by atoms with Gasteiger partial charge in [-0.15, -0.1) is 28.2 Å². The number of thiophene rings is 1. The first-order chi connectivity index (χ1) is 17.1. The second-order valence-corrected chi connectivity index (χ2v) is 12.6. The van der Waals surface area contributed by atoms with Gasteiger partial charge in [0.15, 0.2) is 0 Å². The molecule has 36 heavy (non-hydrogen) atoms. The number of unbranched alkanes of at least 4 members (excludes halogenated alkanes) is 1. The van der Waals surface area contributed by atoms with Gasteiger partial charge in [-0.2, -0.15) is 8.42 Å². The van der Waals surface area contributed by atoms with Gasteiger partial charge in [-0.05, 0) is 40.3 Å². The maximum absolute atomic E-state index is 12.8. The predicted octanol–water partition coefficient (Wildman–Crippen LogP) is 0.476. The Bertz CT molecular complexity index is 1280. The van der Waals surface area contributed by atoms with Crippen molar-refractivity contribution in [3.63, 3.8) is 0 Å². The number of aromatic nitrogens is 4. The molecule has 0 radical (unpaired) electrons. The molecule has 2 amide bonds. The largest absolute Gasteiger partial charge is 0.477 e. The second-order valence-electron chi connectivity index (χ2n) is 7.93. The number of β-lactam (4-membered cyclic amide) rings is 1. The Hall–Kier alpha value is -2.47. The van der Waals surface area contributed by atoms with Crippen molar-refractivity contribution in [2.45, 2.75) is 42.4 Å². The normalized spacial score (nSPS) is 19.7. The quantitative estimate of drug-likeness (QED) is 0.138. The number of amides is 2. The van der Waals surface area contributed by atoms with Crippen LogP contribution in [0.2, 0.25) is 0 Å². The molecule has 2 unspecified atom stereocenters. The summed E-state index contributed by atoms with van der Waals surface area (Å²) in [6, 6.07) is 2.90. The zero-order chi connectivity index (χ0) is 25.9. The summed E-state index contributed by atoms with van der Waals surface area (Å²) in [6.45, 7) is 0.323. The molecule has 2 aliphatic rings. The van der Waals surface area contributed by atoms with Crippen LogP contribution in [-0.2, 0) is 37.5 Å². The van der Waals surface area contributed by atoms with Gasteiger partial charge in [-0.1, -0.05) is 17.8 Å². The third kappa shape index (κ3) is 6.26. The molecule has 0 aliphatic carbocycles. The molecule has 0 aromatic carbocycles. The summed E-state index contributed by atoms with van der Waals surface area (Å²) in [6.07, 6.45) is 0.811. The van der Waals surface area contributed by atoms with E-state index in [-0.39, 0.29) is 36.0 Å². The highest BCUT2D eigenvalue weighted by atomic mass is 32.2. The molecule has 1 saturated heterocycles. The van der Waals surface area contributed by atoms with Gasteiger partial charge >= 0.3 is 5.97 Å². The number of hydrogen-bond acceptors (Lipinski definition) is 11. The van der Waals surface area contributed by atoms with Crippen LogP contribution in [0.1, 0.15) is 17.7 Å². The van der Waals surface area contributed by atoms with Crippen molar-refractivity contribution in [2.24, 2.45) is 0 Å². The Morgan fingerprint density at radius 2 is 2.11 bits per heavy atom. The van der Waals surface area contributed by atoms with Gasteiger partial charge < -0.3 is 10.4 Å². The average Bonchev–Trinajstić information content (AvgIpc) is 3.49. The Morgan fingerprint density at radius 3 is 2.81 bits per heavy atom. The average molecular weight is 575 g/mol.